The molecule has 1 heterocycles. The maximum absolute atomic E-state index is 12.5. The van der Waals surface area contributed by atoms with Crippen LogP contribution in [0.2, 0.25) is 0 Å². The lowest BCUT2D eigenvalue weighted by Gasteiger charge is -2.30. The Balaban J connectivity index is 2.35. The Labute approximate surface area is 115 Å². The van der Waals surface area contributed by atoms with Crippen molar-refractivity contribution in [3.63, 3.8) is 0 Å². The fourth-order valence-corrected chi connectivity index (χ4v) is 2.91. The predicted octanol–water partition coefficient (Wildman–Crippen LogP) is 2.60. The number of ether oxygens (including phenoxy) is 1. The molecule has 1 aliphatic heterocycles. The summed E-state index contributed by atoms with van der Waals surface area (Å²) in [5, 5.41) is 0. The average molecular weight is 261 g/mol. The van der Waals surface area contributed by atoms with Crippen molar-refractivity contribution in [3.8, 4) is 0 Å². The Hall–Kier alpha value is -1.35. The number of nitrogens with zero attached hydrogens (tertiary/aromatic N) is 1. The van der Waals surface area contributed by atoms with Crippen LogP contribution in [0.5, 0.6) is 0 Å². The summed E-state index contributed by atoms with van der Waals surface area (Å²) in [6, 6.07) is 10.1. The van der Waals surface area contributed by atoms with Crippen LogP contribution in [0.25, 0.3) is 0 Å². The van der Waals surface area contributed by atoms with Gasteiger partial charge in [-0.05, 0) is 51.9 Å². The third-order valence-corrected chi connectivity index (χ3v) is 4.06. The predicted molar refractivity (Wildman–Crippen MR) is 76.1 cm³/mol. The lowest BCUT2D eigenvalue weighted by atomic mass is 9.74. The monoisotopic (exact) mass is 261 g/mol. The fourth-order valence-electron chi connectivity index (χ4n) is 2.91. The molecule has 1 atom stereocenters. The van der Waals surface area contributed by atoms with E-state index in [4.69, 9.17) is 4.74 Å². The van der Waals surface area contributed by atoms with E-state index in [1.54, 1.807) is 0 Å². The molecule has 0 amide bonds. The number of hydrogen-bond acceptors (Lipinski definition) is 3. The molecule has 0 radical (unpaired) electrons. The maximum Gasteiger partial charge on any atom is 0.316 e. The van der Waals surface area contributed by atoms with Gasteiger partial charge in [0.25, 0.3) is 0 Å². The lowest BCUT2D eigenvalue weighted by molar-refractivity contribution is -0.150. The van der Waals surface area contributed by atoms with Crippen molar-refractivity contribution in [1.82, 2.24) is 4.90 Å². The van der Waals surface area contributed by atoms with Gasteiger partial charge in [0.2, 0.25) is 0 Å². The molecule has 0 N–H and O–H groups in total. The number of rotatable bonds is 3. The molecule has 1 aromatic carbocycles. The quantitative estimate of drug-likeness (QED) is 0.783. The van der Waals surface area contributed by atoms with E-state index in [2.05, 4.69) is 24.1 Å². The zero-order chi connectivity index (χ0) is 13.7. The smallest absolute Gasteiger partial charge is 0.316 e. The van der Waals surface area contributed by atoms with E-state index in [1.165, 1.54) is 0 Å². The van der Waals surface area contributed by atoms with E-state index in [0.717, 1.165) is 37.9 Å². The molecule has 0 unspecified atom stereocenters. The minimum atomic E-state index is -0.456. The van der Waals surface area contributed by atoms with Crippen molar-refractivity contribution >= 4 is 5.97 Å². The van der Waals surface area contributed by atoms with Crippen LogP contribution in [0, 0.1) is 0 Å². The molecule has 0 spiro atoms. The average Bonchev–Trinajstić information content (AvgIpc) is 2.63. The first kappa shape index (κ1) is 14.1. The van der Waals surface area contributed by atoms with Gasteiger partial charge < -0.3 is 9.64 Å². The number of likely N-dealkylation sites (tertiary alicyclic amines) is 1. The van der Waals surface area contributed by atoms with Crippen LogP contribution in [0.15, 0.2) is 30.3 Å². The van der Waals surface area contributed by atoms with E-state index in [-0.39, 0.29) is 5.97 Å². The first-order valence-electron chi connectivity index (χ1n) is 7.10. The largest absolute Gasteiger partial charge is 0.465 e. The van der Waals surface area contributed by atoms with Gasteiger partial charge in [-0.1, -0.05) is 30.3 Å². The van der Waals surface area contributed by atoms with Crippen molar-refractivity contribution in [3.05, 3.63) is 35.9 Å². The third kappa shape index (κ3) is 2.98. The zero-order valence-electron chi connectivity index (χ0n) is 11.9. The molecule has 1 saturated heterocycles. The Morgan fingerprint density at radius 1 is 1.26 bits per heavy atom. The summed E-state index contributed by atoms with van der Waals surface area (Å²) >= 11 is 0. The number of hydrogen-bond donors (Lipinski definition) is 0. The van der Waals surface area contributed by atoms with Gasteiger partial charge >= 0.3 is 5.97 Å². The second kappa shape index (κ2) is 6.20. The fraction of sp³-hybridized carbons (Fsp3) is 0.562. The molecule has 1 aliphatic rings. The van der Waals surface area contributed by atoms with Crippen LogP contribution in [-0.4, -0.2) is 37.6 Å². The SMILES string of the molecule is CCOC(=O)[C@]1(c2ccccc2)CCCN(C)CC1. The molecule has 0 aliphatic carbocycles. The number of benzene rings is 1. The van der Waals surface area contributed by atoms with E-state index in [1.807, 2.05) is 25.1 Å². The van der Waals surface area contributed by atoms with Gasteiger partial charge in [-0.2, -0.15) is 0 Å². The van der Waals surface area contributed by atoms with Gasteiger partial charge in [-0.25, -0.2) is 0 Å². The topological polar surface area (TPSA) is 29.5 Å². The van der Waals surface area contributed by atoms with Crippen LogP contribution >= 0.6 is 0 Å². The molecule has 0 saturated carbocycles. The van der Waals surface area contributed by atoms with E-state index in [0.29, 0.717) is 6.61 Å². The van der Waals surface area contributed by atoms with Crippen LogP contribution in [0.4, 0.5) is 0 Å². The summed E-state index contributed by atoms with van der Waals surface area (Å²) in [6.45, 7) is 4.31. The van der Waals surface area contributed by atoms with Gasteiger partial charge in [0.1, 0.15) is 0 Å². The van der Waals surface area contributed by atoms with Crippen molar-refractivity contribution in [2.75, 3.05) is 26.7 Å². The van der Waals surface area contributed by atoms with Crippen LogP contribution in [0.1, 0.15) is 31.7 Å². The standard InChI is InChI=1S/C16H23NO2/c1-3-19-15(18)16(14-8-5-4-6-9-14)10-7-12-17(2)13-11-16/h4-6,8-9H,3,7,10-13H2,1-2H3/t16-/m1/s1. The third-order valence-electron chi connectivity index (χ3n) is 4.06. The molecule has 1 aromatic rings. The number of carbonyl (C=O) groups is 1. The summed E-state index contributed by atoms with van der Waals surface area (Å²) in [7, 11) is 2.12. The number of carbonyl (C=O) groups excluding carboxylic acids is 1. The van der Waals surface area contributed by atoms with Crippen molar-refractivity contribution in [2.24, 2.45) is 0 Å². The van der Waals surface area contributed by atoms with Crippen molar-refractivity contribution in [1.29, 1.82) is 0 Å². The Bertz CT molecular complexity index is 418. The Morgan fingerprint density at radius 2 is 2.00 bits per heavy atom. The summed E-state index contributed by atoms with van der Waals surface area (Å²) in [5.74, 6) is -0.0588. The molecule has 2 rings (SSSR count). The van der Waals surface area contributed by atoms with E-state index >= 15 is 0 Å². The Kier molecular flexibility index (Phi) is 4.59. The maximum atomic E-state index is 12.5. The lowest BCUT2D eigenvalue weighted by Crippen LogP contribution is -2.38. The van der Waals surface area contributed by atoms with Crippen LogP contribution in [-0.2, 0) is 14.9 Å². The summed E-state index contributed by atoms with van der Waals surface area (Å²) in [5.41, 5.74) is 0.644. The van der Waals surface area contributed by atoms with E-state index in [9.17, 15) is 4.79 Å². The first-order chi connectivity index (χ1) is 9.19. The molecular weight excluding hydrogens is 238 g/mol. The molecule has 1 fully saturated rings. The summed E-state index contributed by atoms with van der Waals surface area (Å²) in [6.07, 6.45) is 2.75. The van der Waals surface area contributed by atoms with Gasteiger partial charge in [-0.15, -0.1) is 0 Å². The van der Waals surface area contributed by atoms with Crippen LogP contribution in [0.3, 0.4) is 0 Å². The number of esters is 1. The van der Waals surface area contributed by atoms with Crippen molar-refractivity contribution in [2.45, 2.75) is 31.6 Å². The highest BCUT2D eigenvalue weighted by atomic mass is 16.5. The molecule has 3 nitrogen and oxygen atoms in total. The van der Waals surface area contributed by atoms with Gasteiger partial charge in [0.05, 0.1) is 12.0 Å². The highest BCUT2D eigenvalue weighted by molar-refractivity contribution is 5.83. The van der Waals surface area contributed by atoms with Crippen molar-refractivity contribution < 1.29 is 9.53 Å². The Morgan fingerprint density at radius 3 is 2.68 bits per heavy atom. The van der Waals surface area contributed by atoms with E-state index < -0.39 is 5.41 Å². The first-order valence-corrected chi connectivity index (χ1v) is 7.10. The zero-order valence-corrected chi connectivity index (χ0v) is 11.9. The van der Waals surface area contributed by atoms with Crippen LogP contribution < -0.4 is 0 Å². The van der Waals surface area contributed by atoms with Gasteiger partial charge in [-0.3, -0.25) is 4.79 Å². The molecule has 19 heavy (non-hydrogen) atoms. The molecule has 104 valence electrons. The minimum Gasteiger partial charge on any atom is -0.465 e. The second-order valence-electron chi connectivity index (χ2n) is 5.33. The minimum absolute atomic E-state index is 0.0588. The summed E-state index contributed by atoms with van der Waals surface area (Å²) < 4.78 is 5.37. The van der Waals surface area contributed by atoms with Gasteiger partial charge in [0.15, 0.2) is 0 Å². The second-order valence-corrected chi connectivity index (χ2v) is 5.33. The normalized spacial score (nSPS) is 24.7. The molecule has 0 bridgehead atoms. The summed E-state index contributed by atoms with van der Waals surface area (Å²) in [4.78, 5) is 14.8. The highest BCUT2D eigenvalue weighted by Crippen LogP contribution is 2.36. The molecular formula is C16H23NO2. The highest BCUT2D eigenvalue weighted by Gasteiger charge is 2.42. The molecule has 0 aromatic heterocycles. The molecule has 3 heteroatoms. The van der Waals surface area contributed by atoms with Gasteiger partial charge in [0, 0.05) is 0 Å².